The predicted molar refractivity (Wildman–Crippen MR) is 311 cm³/mol. The van der Waals surface area contributed by atoms with Crippen molar-refractivity contribution < 1.29 is 133 Å². The second-order valence-corrected chi connectivity index (χ2v) is 28.0. The van der Waals surface area contributed by atoms with E-state index >= 15 is 0 Å². The van der Waals surface area contributed by atoms with Gasteiger partial charge in [0.1, 0.15) is 110 Å². The van der Waals surface area contributed by atoms with Gasteiger partial charge in [-0.05, 0) is 82.6 Å². The molecule has 0 aromatic heterocycles. The van der Waals surface area contributed by atoms with E-state index in [4.69, 9.17) is 52.1 Å². The van der Waals surface area contributed by atoms with Crippen LogP contribution in [0.5, 0.6) is 0 Å². The van der Waals surface area contributed by atoms with Crippen LogP contribution < -0.4 is 10.6 Å². The molecule has 0 aromatic rings. The number of fused-ring (bicyclic) bond motifs is 4. The molecule has 4 aliphatic carbocycles. The monoisotopic (exact) mass is 1300 g/mol. The Morgan fingerprint density at radius 2 is 1.19 bits per heavy atom. The maximum Gasteiger partial charge on any atom is 0.217 e. The van der Waals surface area contributed by atoms with Crippen molar-refractivity contribution in [1.29, 1.82) is 0 Å². The highest BCUT2D eigenvalue weighted by Gasteiger charge is 2.70. The first-order valence-electron chi connectivity index (χ1n) is 31.9. The number of hydrogen-bond acceptors (Lipinski definition) is 27. The fraction of sp³-hybridized carbons (Fsp3) is 0.887. The molecule has 31 atom stereocenters. The molecule has 5 heterocycles. The molecule has 520 valence electrons. The third kappa shape index (κ3) is 13.6. The lowest BCUT2D eigenvalue weighted by atomic mass is 9.41. The van der Waals surface area contributed by atoms with Gasteiger partial charge in [-0.25, -0.2) is 0 Å². The zero-order valence-corrected chi connectivity index (χ0v) is 53.5. The first-order chi connectivity index (χ1) is 42.8. The molecule has 5 saturated heterocycles. The molecule has 0 spiro atoms. The SMILES string of the molecule is CO[C@@H]1CC2C(=C3CC[C@H]([C@H](C)CC(=O)C=C(C)C)[C@]31C)CCC1(O)C(C)(C)[C@@H](O[C@@H]3OC[C@@H](O[C@@H]4O[C@H](CO)[C@H](O)[C@H](O)[C@H]4NC(C)=O)[C@H](O)[C@H]3O[C@@H]3O[C@H](CO[C@@H]4OC[C@@H](O)[C@H](O)[C@H]4O[C@@H]4O[C@H](CO)[C@@H](O)[C@H](O)[C@H]4O)[C@@H](O)[C@H](O)[C@H]3NC(C)=O)CC[C@]21C. The van der Waals surface area contributed by atoms with Crippen molar-refractivity contribution in [2.75, 3.05) is 40.1 Å². The van der Waals surface area contributed by atoms with Crippen LogP contribution in [0, 0.1) is 34.0 Å². The Morgan fingerprint density at radius 3 is 1.79 bits per heavy atom. The molecule has 3 saturated carbocycles. The van der Waals surface area contributed by atoms with Crippen molar-refractivity contribution in [2.24, 2.45) is 34.0 Å². The summed E-state index contributed by atoms with van der Waals surface area (Å²) in [7, 11) is 1.73. The minimum absolute atomic E-state index is 0.0914. The lowest BCUT2D eigenvalue weighted by Gasteiger charge is -2.67. The van der Waals surface area contributed by atoms with Gasteiger partial charge in [-0.2, -0.15) is 0 Å². The number of aliphatic hydroxyl groups is 13. The van der Waals surface area contributed by atoms with Crippen LogP contribution in [0.2, 0.25) is 0 Å². The zero-order valence-electron chi connectivity index (χ0n) is 53.5. The van der Waals surface area contributed by atoms with Gasteiger partial charge in [0.2, 0.25) is 11.8 Å². The summed E-state index contributed by atoms with van der Waals surface area (Å²) in [5.41, 5.74) is 0.0844. The Labute approximate surface area is 529 Å². The van der Waals surface area contributed by atoms with Gasteiger partial charge in [-0.1, -0.05) is 51.3 Å². The molecule has 0 aromatic carbocycles. The van der Waals surface area contributed by atoms with Crippen LogP contribution in [-0.2, 0) is 66.5 Å². The third-order valence-corrected chi connectivity index (χ3v) is 21.9. The molecular formula is C62H100N2O27. The van der Waals surface area contributed by atoms with E-state index in [9.17, 15) is 80.8 Å². The molecule has 9 aliphatic rings. The summed E-state index contributed by atoms with van der Waals surface area (Å²) in [4.78, 5) is 38.6. The number of methoxy groups -OCH3 is 1. The lowest BCUT2D eigenvalue weighted by molar-refractivity contribution is -0.378. The van der Waals surface area contributed by atoms with Crippen molar-refractivity contribution in [1.82, 2.24) is 10.6 Å². The number of ketones is 1. The summed E-state index contributed by atoms with van der Waals surface area (Å²) in [5.74, 6) is -1.10. The van der Waals surface area contributed by atoms with E-state index in [1.54, 1.807) is 13.2 Å². The Morgan fingerprint density at radius 1 is 0.626 bits per heavy atom. The van der Waals surface area contributed by atoms with Crippen LogP contribution in [0.25, 0.3) is 0 Å². The minimum Gasteiger partial charge on any atom is -0.394 e. The summed E-state index contributed by atoms with van der Waals surface area (Å²) in [6.07, 6.45) is -31.2. The second-order valence-electron chi connectivity index (χ2n) is 28.0. The van der Waals surface area contributed by atoms with E-state index in [2.05, 4.69) is 31.4 Å². The Balaban J connectivity index is 0.998. The van der Waals surface area contributed by atoms with Crippen LogP contribution in [0.15, 0.2) is 22.8 Å². The van der Waals surface area contributed by atoms with Crippen LogP contribution in [0.1, 0.15) is 114 Å². The van der Waals surface area contributed by atoms with Crippen molar-refractivity contribution in [3.63, 3.8) is 0 Å². The highest BCUT2D eigenvalue weighted by molar-refractivity contribution is 5.90. The topological polar surface area (TPSA) is 440 Å². The van der Waals surface area contributed by atoms with Gasteiger partial charge in [0, 0.05) is 43.6 Å². The van der Waals surface area contributed by atoms with Gasteiger partial charge in [0.25, 0.3) is 0 Å². The molecule has 9 rings (SSSR count). The molecule has 8 fully saturated rings. The normalized spacial score (nSPS) is 47.7. The molecular weight excluding hydrogens is 1200 g/mol. The van der Waals surface area contributed by atoms with E-state index < -0.39 is 209 Å². The van der Waals surface area contributed by atoms with Crippen molar-refractivity contribution >= 4 is 17.6 Å². The molecule has 5 aliphatic heterocycles. The Bertz CT molecular complexity index is 2590. The largest absolute Gasteiger partial charge is 0.394 e. The van der Waals surface area contributed by atoms with Crippen LogP contribution in [0.4, 0.5) is 0 Å². The number of amides is 2. The minimum atomic E-state index is -1.95. The van der Waals surface area contributed by atoms with Crippen molar-refractivity contribution in [2.45, 2.75) is 273 Å². The molecule has 29 nitrogen and oxygen atoms in total. The summed E-state index contributed by atoms with van der Waals surface area (Å²) in [6.45, 7) is 13.1. The highest BCUT2D eigenvalue weighted by atomic mass is 16.8. The number of nitrogens with one attached hydrogen (secondary N) is 2. The fourth-order valence-corrected chi connectivity index (χ4v) is 16.9. The molecule has 29 heteroatoms. The van der Waals surface area contributed by atoms with Crippen molar-refractivity contribution in [3.8, 4) is 0 Å². The summed E-state index contributed by atoms with van der Waals surface area (Å²) in [5, 5.41) is 150. The molecule has 91 heavy (non-hydrogen) atoms. The van der Waals surface area contributed by atoms with E-state index in [-0.39, 0.29) is 35.1 Å². The maximum absolute atomic E-state index is 13.6. The van der Waals surface area contributed by atoms with E-state index in [1.807, 2.05) is 27.7 Å². The van der Waals surface area contributed by atoms with Gasteiger partial charge in [-0.3, -0.25) is 14.4 Å². The maximum atomic E-state index is 13.6. The average molecular weight is 1310 g/mol. The lowest BCUT2D eigenvalue weighted by Crippen LogP contribution is -2.71. The highest BCUT2D eigenvalue weighted by Crippen LogP contribution is 2.70. The Kier molecular flexibility index (Phi) is 22.8. The average Bonchev–Trinajstić information content (AvgIpc) is 1.64. The summed E-state index contributed by atoms with van der Waals surface area (Å²) < 4.78 is 68.0. The summed E-state index contributed by atoms with van der Waals surface area (Å²) >= 11 is 0. The Hall–Kier alpha value is -2.87. The second kappa shape index (κ2) is 28.7. The fourth-order valence-electron chi connectivity index (χ4n) is 16.9. The molecule has 0 radical (unpaired) electrons. The number of rotatable bonds is 20. The van der Waals surface area contributed by atoms with E-state index in [0.29, 0.717) is 38.5 Å². The predicted octanol–water partition coefficient (Wildman–Crippen LogP) is -3.31. The summed E-state index contributed by atoms with van der Waals surface area (Å²) in [6, 6.07) is -3.10. The quantitative estimate of drug-likeness (QED) is 0.0322. The van der Waals surface area contributed by atoms with Gasteiger partial charge in [0.15, 0.2) is 37.2 Å². The smallest absolute Gasteiger partial charge is 0.217 e. The van der Waals surface area contributed by atoms with Gasteiger partial charge in [-0.15, -0.1) is 0 Å². The van der Waals surface area contributed by atoms with Crippen LogP contribution >= 0.6 is 0 Å². The number of carbonyl (C=O) groups excluding carboxylic acids is 3. The van der Waals surface area contributed by atoms with Gasteiger partial charge in [0.05, 0.1) is 50.8 Å². The number of hydrogen-bond donors (Lipinski definition) is 15. The molecule has 2 unspecified atom stereocenters. The van der Waals surface area contributed by atoms with Crippen molar-refractivity contribution in [3.05, 3.63) is 22.8 Å². The number of carbonyl (C=O) groups is 3. The number of aliphatic hydroxyl groups excluding tert-OH is 12. The molecule has 15 N–H and O–H groups in total. The first-order valence-corrected chi connectivity index (χ1v) is 31.9. The number of ether oxygens (including phenoxy) is 11. The van der Waals surface area contributed by atoms with Crippen LogP contribution in [-0.4, -0.2) is 283 Å². The van der Waals surface area contributed by atoms with E-state index in [0.717, 1.165) is 32.3 Å². The standard InChI is InChI=1S/C62H100N2O27/c1-25(2)17-29(69)18-26(3)31-11-12-32-30-13-16-62(80)59(6,7)39(14-15-60(62,8)33(30)19-40(81-10)61(31,32)9)89-58-53(47(75)38(24-84-58)88-54-41(63-27(4)67)48(76)44(72)35(20-65)85-54)90-55-42(64-28(5)68)49(77)46(74)37(87-55)23-83-57-52(43(71)34(70)22-82-57)91-56-51(79)50(78)45(73)36(21-66)86-56/h17,26,31,33-58,65-66,70-80H,11-16,18-24H2,1-10H3,(H,63,67)(H,64,68)/t26-,31-,33?,34-,35-,36-,37-,38-,39+,40-,41-,42-,43+,44+,45-,46-,47+,48-,49-,50+,51-,52-,53-,54+,55+,56+,57+,58+,60-,61-,62?/m1/s1. The van der Waals surface area contributed by atoms with E-state index in [1.165, 1.54) is 11.1 Å². The van der Waals surface area contributed by atoms with Gasteiger partial charge < -0.3 is 129 Å². The molecule has 0 bridgehead atoms. The molecule has 2 amide bonds. The number of allylic oxidation sites excluding steroid dienone is 3. The van der Waals surface area contributed by atoms with Gasteiger partial charge >= 0.3 is 0 Å². The van der Waals surface area contributed by atoms with Crippen LogP contribution in [0.3, 0.4) is 0 Å². The third-order valence-electron chi connectivity index (χ3n) is 21.9. The first kappa shape index (κ1) is 72.4. The zero-order chi connectivity index (χ0) is 66.7.